The number of hydrogen-bond donors (Lipinski definition) is 1. The molecule has 0 saturated heterocycles. The first-order valence-corrected chi connectivity index (χ1v) is 6.81. The summed E-state index contributed by atoms with van der Waals surface area (Å²) in [6, 6.07) is 15.5. The molecule has 3 aromatic rings. The van der Waals surface area contributed by atoms with Gasteiger partial charge in [-0.3, -0.25) is 4.79 Å². The van der Waals surface area contributed by atoms with Crippen molar-refractivity contribution < 1.29 is 4.74 Å². The molecule has 3 rings (SSSR count). The molecule has 1 unspecified atom stereocenters. The molecule has 0 radical (unpaired) electrons. The van der Waals surface area contributed by atoms with Crippen LogP contribution in [0.2, 0.25) is 0 Å². The van der Waals surface area contributed by atoms with E-state index in [2.05, 4.69) is 10.2 Å². The van der Waals surface area contributed by atoms with Gasteiger partial charge in [0, 0.05) is 18.1 Å². The van der Waals surface area contributed by atoms with E-state index in [-0.39, 0.29) is 11.7 Å². The normalized spacial score (nSPS) is 12.5. The Hall–Kier alpha value is -2.46. The summed E-state index contributed by atoms with van der Waals surface area (Å²) in [5, 5.41) is 8.29. The molecule has 106 valence electrons. The third-order valence-corrected chi connectivity index (χ3v) is 3.68. The van der Waals surface area contributed by atoms with Crippen molar-refractivity contribution in [1.82, 2.24) is 10.2 Å². The molecule has 0 aliphatic rings. The van der Waals surface area contributed by atoms with Gasteiger partial charge in [0.15, 0.2) is 0 Å². The standard InChI is InChI=1S/C17H16N2O2/c1-11(21-2)12-6-5-7-13(10-12)16-14-8-3-4-9-15(14)17(20)19-18-16/h3-11H,1-2H3,(H,19,20). The molecule has 0 amide bonds. The van der Waals surface area contributed by atoms with Crippen molar-refractivity contribution in [1.29, 1.82) is 0 Å². The van der Waals surface area contributed by atoms with Crippen LogP contribution in [0.25, 0.3) is 22.0 Å². The van der Waals surface area contributed by atoms with Crippen LogP contribution in [0.15, 0.2) is 53.3 Å². The predicted molar refractivity (Wildman–Crippen MR) is 83.2 cm³/mol. The van der Waals surface area contributed by atoms with Crippen LogP contribution in [-0.2, 0) is 4.74 Å². The molecule has 21 heavy (non-hydrogen) atoms. The van der Waals surface area contributed by atoms with Crippen molar-refractivity contribution in [2.75, 3.05) is 7.11 Å². The minimum Gasteiger partial charge on any atom is -0.377 e. The quantitative estimate of drug-likeness (QED) is 0.801. The molecule has 1 aromatic heterocycles. The van der Waals surface area contributed by atoms with E-state index in [1.165, 1.54) is 0 Å². The highest BCUT2D eigenvalue weighted by Crippen LogP contribution is 2.27. The summed E-state index contributed by atoms with van der Waals surface area (Å²) in [5.41, 5.74) is 2.64. The molecule has 2 aromatic carbocycles. The maximum atomic E-state index is 11.8. The van der Waals surface area contributed by atoms with Crippen LogP contribution >= 0.6 is 0 Å². The van der Waals surface area contributed by atoms with Crippen molar-refractivity contribution in [3.63, 3.8) is 0 Å². The maximum absolute atomic E-state index is 11.8. The average Bonchev–Trinajstić information content (AvgIpc) is 2.55. The minimum absolute atomic E-state index is 0.0129. The topological polar surface area (TPSA) is 55.0 Å². The number of H-pyrrole nitrogens is 1. The smallest absolute Gasteiger partial charge is 0.272 e. The van der Waals surface area contributed by atoms with Gasteiger partial charge in [-0.25, -0.2) is 5.10 Å². The lowest BCUT2D eigenvalue weighted by Gasteiger charge is -2.11. The van der Waals surface area contributed by atoms with Gasteiger partial charge in [-0.1, -0.05) is 36.4 Å². The summed E-state index contributed by atoms with van der Waals surface area (Å²) < 4.78 is 5.36. The monoisotopic (exact) mass is 280 g/mol. The Bertz CT molecular complexity index is 839. The van der Waals surface area contributed by atoms with Gasteiger partial charge in [-0.05, 0) is 24.6 Å². The maximum Gasteiger partial charge on any atom is 0.272 e. The number of methoxy groups -OCH3 is 1. The third-order valence-electron chi connectivity index (χ3n) is 3.68. The van der Waals surface area contributed by atoms with Crippen molar-refractivity contribution in [3.8, 4) is 11.3 Å². The Balaban J connectivity index is 2.22. The van der Waals surface area contributed by atoms with Crippen LogP contribution in [0.3, 0.4) is 0 Å². The number of fused-ring (bicyclic) bond motifs is 1. The molecule has 0 spiro atoms. The molecule has 4 heteroatoms. The highest BCUT2D eigenvalue weighted by molar-refractivity contribution is 5.93. The van der Waals surface area contributed by atoms with E-state index in [1.54, 1.807) is 13.2 Å². The van der Waals surface area contributed by atoms with Gasteiger partial charge in [0.1, 0.15) is 0 Å². The summed E-state index contributed by atoms with van der Waals surface area (Å²) in [6.45, 7) is 2.00. The Labute approximate surface area is 122 Å². The van der Waals surface area contributed by atoms with E-state index in [1.807, 2.05) is 49.4 Å². The zero-order valence-corrected chi connectivity index (χ0v) is 12.0. The van der Waals surface area contributed by atoms with Crippen LogP contribution in [0, 0.1) is 0 Å². The lowest BCUT2D eigenvalue weighted by atomic mass is 10.0. The average molecular weight is 280 g/mol. The SMILES string of the molecule is COC(C)c1cccc(-c2n[nH]c(=O)c3ccccc23)c1. The molecule has 1 N–H and O–H groups in total. The number of hydrogen-bond acceptors (Lipinski definition) is 3. The van der Waals surface area contributed by atoms with Gasteiger partial charge < -0.3 is 4.74 Å². The lowest BCUT2D eigenvalue weighted by Crippen LogP contribution is -2.09. The van der Waals surface area contributed by atoms with Gasteiger partial charge in [0.25, 0.3) is 5.56 Å². The Morgan fingerprint density at radius 1 is 1.10 bits per heavy atom. The van der Waals surface area contributed by atoms with Crippen LogP contribution < -0.4 is 5.56 Å². The predicted octanol–water partition coefficient (Wildman–Crippen LogP) is 3.30. The van der Waals surface area contributed by atoms with Crippen molar-refractivity contribution >= 4 is 10.8 Å². The number of aromatic nitrogens is 2. The number of nitrogens with zero attached hydrogens (tertiary/aromatic N) is 1. The lowest BCUT2D eigenvalue weighted by molar-refractivity contribution is 0.119. The Kier molecular flexibility index (Phi) is 3.54. The van der Waals surface area contributed by atoms with Crippen molar-refractivity contribution in [2.45, 2.75) is 13.0 Å². The highest BCUT2D eigenvalue weighted by atomic mass is 16.5. The van der Waals surface area contributed by atoms with E-state index in [4.69, 9.17) is 4.74 Å². The Morgan fingerprint density at radius 3 is 2.62 bits per heavy atom. The number of aromatic amines is 1. The fraction of sp³-hybridized carbons (Fsp3) is 0.176. The molecule has 1 heterocycles. The fourth-order valence-electron chi connectivity index (χ4n) is 2.41. The van der Waals surface area contributed by atoms with E-state index >= 15 is 0 Å². The zero-order valence-electron chi connectivity index (χ0n) is 12.0. The van der Waals surface area contributed by atoms with Gasteiger partial charge in [0.05, 0.1) is 17.2 Å². The number of rotatable bonds is 3. The molecule has 0 fully saturated rings. The van der Waals surface area contributed by atoms with E-state index < -0.39 is 0 Å². The fourth-order valence-corrected chi connectivity index (χ4v) is 2.41. The summed E-state index contributed by atoms with van der Waals surface area (Å²) in [7, 11) is 1.69. The first-order valence-electron chi connectivity index (χ1n) is 6.81. The minimum atomic E-state index is -0.171. The number of nitrogens with one attached hydrogen (secondary N) is 1. The second kappa shape index (κ2) is 5.50. The van der Waals surface area contributed by atoms with Gasteiger partial charge >= 0.3 is 0 Å². The van der Waals surface area contributed by atoms with Crippen molar-refractivity contribution in [3.05, 3.63) is 64.4 Å². The number of benzene rings is 2. The number of ether oxygens (including phenoxy) is 1. The highest BCUT2D eigenvalue weighted by Gasteiger charge is 2.10. The first-order chi connectivity index (χ1) is 10.2. The summed E-state index contributed by atoms with van der Waals surface area (Å²) in [5.74, 6) is 0. The molecule has 4 nitrogen and oxygen atoms in total. The molecule has 0 aliphatic carbocycles. The summed E-state index contributed by atoms with van der Waals surface area (Å²) in [4.78, 5) is 11.8. The van der Waals surface area contributed by atoms with E-state index in [0.717, 1.165) is 22.2 Å². The second-order valence-corrected chi connectivity index (χ2v) is 4.95. The van der Waals surface area contributed by atoms with E-state index in [9.17, 15) is 4.79 Å². The van der Waals surface area contributed by atoms with Crippen LogP contribution in [0.5, 0.6) is 0 Å². The molecule has 0 bridgehead atoms. The van der Waals surface area contributed by atoms with E-state index in [0.29, 0.717) is 5.39 Å². The molecule has 0 aliphatic heterocycles. The van der Waals surface area contributed by atoms with Gasteiger partial charge in [-0.2, -0.15) is 5.10 Å². The first kappa shape index (κ1) is 13.5. The molecular weight excluding hydrogens is 264 g/mol. The summed E-state index contributed by atoms with van der Waals surface area (Å²) in [6.07, 6.45) is 0.0129. The Morgan fingerprint density at radius 2 is 1.86 bits per heavy atom. The molecule has 0 saturated carbocycles. The largest absolute Gasteiger partial charge is 0.377 e. The zero-order chi connectivity index (χ0) is 14.8. The second-order valence-electron chi connectivity index (χ2n) is 4.95. The van der Waals surface area contributed by atoms with Crippen molar-refractivity contribution in [2.24, 2.45) is 0 Å². The molecule has 1 atom stereocenters. The van der Waals surface area contributed by atoms with Gasteiger partial charge in [-0.15, -0.1) is 0 Å². The molecular formula is C17H16N2O2. The third kappa shape index (κ3) is 2.45. The van der Waals surface area contributed by atoms with Crippen LogP contribution in [0.4, 0.5) is 0 Å². The van der Waals surface area contributed by atoms with Gasteiger partial charge in [0.2, 0.25) is 0 Å². The van der Waals surface area contributed by atoms with Crippen LogP contribution in [-0.4, -0.2) is 17.3 Å². The van der Waals surface area contributed by atoms with Crippen LogP contribution in [0.1, 0.15) is 18.6 Å². The summed E-state index contributed by atoms with van der Waals surface area (Å²) >= 11 is 0.